The maximum absolute atomic E-state index is 12.1. The molecular weight excluding hydrogens is 314 g/mol. The summed E-state index contributed by atoms with van der Waals surface area (Å²) < 4.78 is 5.28. The van der Waals surface area contributed by atoms with Gasteiger partial charge in [0.15, 0.2) is 0 Å². The molecule has 3 rings (SSSR count). The van der Waals surface area contributed by atoms with Crippen LogP contribution >= 0.6 is 11.3 Å². The summed E-state index contributed by atoms with van der Waals surface area (Å²) in [6.45, 7) is 2.04. The van der Waals surface area contributed by atoms with Gasteiger partial charge < -0.3 is 15.5 Å². The van der Waals surface area contributed by atoms with Crippen molar-refractivity contribution in [3.63, 3.8) is 0 Å². The summed E-state index contributed by atoms with van der Waals surface area (Å²) in [6, 6.07) is 3.59. The molecule has 122 valence electrons. The predicted octanol–water partition coefficient (Wildman–Crippen LogP) is 2.22. The van der Waals surface area contributed by atoms with Gasteiger partial charge in [-0.25, -0.2) is 0 Å². The lowest BCUT2D eigenvalue weighted by Gasteiger charge is -2.11. The minimum Gasteiger partial charge on any atom is -0.468 e. The van der Waals surface area contributed by atoms with E-state index in [1.165, 1.54) is 11.3 Å². The quantitative estimate of drug-likeness (QED) is 0.755. The fourth-order valence-corrected chi connectivity index (χ4v) is 4.12. The number of anilines is 1. The summed E-state index contributed by atoms with van der Waals surface area (Å²) in [5.74, 6) is 0.0909. The molecule has 1 aliphatic rings. The van der Waals surface area contributed by atoms with Gasteiger partial charge in [0.2, 0.25) is 5.91 Å². The monoisotopic (exact) mass is 333 g/mol. The van der Waals surface area contributed by atoms with Gasteiger partial charge >= 0.3 is 0 Å². The number of carbonyl (C=O) groups is 2. The van der Waals surface area contributed by atoms with E-state index in [4.69, 9.17) is 10.2 Å². The van der Waals surface area contributed by atoms with Gasteiger partial charge in [-0.15, -0.1) is 11.3 Å². The summed E-state index contributed by atoms with van der Waals surface area (Å²) in [5, 5.41) is 6.46. The number of carbonyl (C=O) groups excluding carboxylic acids is 2. The number of primary amides is 1. The van der Waals surface area contributed by atoms with Crippen LogP contribution in [0, 0.1) is 0 Å². The first-order chi connectivity index (χ1) is 11.1. The first-order valence-electron chi connectivity index (χ1n) is 7.57. The van der Waals surface area contributed by atoms with Crippen molar-refractivity contribution in [1.82, 2.24) is 5.32 Å². The maximum atomic E-state index is 12.1. The highest BCUT2D eigenvalue weighted by molar-refractivity contribution is 7.17. The first kappa shape index (κ1) is 15.8. The van der Waals surface area contributed by atoms with Gasteiger partial charge in [-0.3, -0.25) is 14.9 Å². The molecular formula is C16H19N3O3S. The number of nitrogens with two attached hydrogens (primary N) is 1. The molecule has 7 heteroatoms. The van der Waals surface area contributed by atoms with E-state index in [9.17, 15) is 9.59 Å². The lowest BCUT2D eigenvalue weighted by Crippen LogP contribution is -2.30. The number of fused-ring (bicyclic) bond motifs is 1. The Hall–Kier alpha value is -2.12. The van der Waals surface area contributed by atoms with E-state index in [0.717, 1.165) is 35.5 Å². The van der Waals surface area contributed by atoms with Gasteiger partial charge in [0.25, 0.3) is 5.91 Å². The van der Waals surface area contributed by atoms with Crippen molar-refractivity contribution in [2.75, 3.05) is 11.9 Å². The van der Waals surface area contributed by atoms with Gasteiger partial charge in [0.1, 0.15) is 10.8 Å². The Morgan fingerprint density at radius 2 is 2.26 bits per heavy atom. The van der Waals surface area contributed by atoms with E-state index in [2.05, 4.69) is 10.6 Å². The SMILES string of the molecule is C[C@H](NCC(=O)Nc1sc2c(c1C(N)=O)CCC2)c1ccco1. The van der Waals surface area contributed by atoms with Crippen LogP contribution in [-0.2, 0) is 17.6 Å². The number of aryl methyl sites for hydroxylation is 1. The summed E-state index contributed by atoms with van der Waals surface area (Å²) in [5.41, 5.74) is 6.97. The Morgan fingerprint density at radius 1 is 1.43 bits per heavy atom. The molecule has 1 aliphatic carbocycles. The van der Waals surface area contributed by atoms with Crippen molar-refractivity contribution in [3.05, 3.63) is 40.2 Å². The number of hydrogen-bond donors (Lipinski definition) is 3. The average Bonchev–Trinajstić information content (AvgIpc) is 3.20. The van der Waals surface area contributed by atoms with Gasteiger partial charge in [-0.05, 0) is 43.9 Å². The Balaban J connectivity index is 1.63. The minimum absolute atomic E-state index is 0.0697. The number of amides is 2. The highest BCUT2D eigenvalue weighted by Gasteiger charge is 2.26. The molecule has 4 N–H and O–H groups in total. The summed E-state index contributed by atoms with van der Waals surface area (Å²) in [6.07, 6.45) is 4.44. The topological polar surface area (TPSA) is 97.4 Å². The minimum atomic E-state index is -0.475. The molecule has 0 spiro atoms. The van der Waals surface area contributed by atoms with Crippen LogP contribution in [0.4, 0.5) is 5.00 Å². The van der Waals surface area contributed by atoms with Gasteiger partial charge in [-0.2, -0.15) is 0 Å². The summed E-state index contributed by atoms with van der Waals surface area (Å²) >= 11 is 1.46. The standard InChI is InChI=1S/C16H19N3O3S/c1-9(11-5-3-7-22-11)18-8-13(20)19-16-14(15(17)21)10-4-2-6-12(10)23-16/h3,5,7,9,18H,2,4,6,8H2,1H3,(H2,17,21)(H,19,20)/t9-/m0/s1. The van der Waals surface area contributed by atoms with Gasteiger partial charge in [0.05, 0.1) is 24.4 Å². The van der Waals surface area contributed by atoms with Crippen molar-refractivity contribution >= 4 is 28.2 Å². The molecule has 0 fully saturated rings. The second-order valence-electron chi connectivity index (χ2n) is 5.59. The van der Waals surface area contributed by atoms with Crippen LogP contribution in [0.3, 0.4) is 0 Å². The molecule has 2 aromatic rings. The molecule has 2 amide bonds. The van der Waals surface area contributed by atoms with Crippen molar-refractivity contribution in [2.24, 2.45) is 5.73 Å². The van der Waals surface area contributed by atoms with Crippen molar-refractivity contribution in [2.45, 2.75) is 32.2 Å². The number of furan rings is 1. The third kappa shape index (κ3) is 3.30. The molecule has 0 aliphatic heterocycles. The zero-order valence-corrected chi connectivity index (χ0v) is 13.7. The number of rotatable bonds is 6. The van der Waals surface area contributed by atoms with E-state index in [1.807, 2.05) is 13.0 Å². The van der Waals surface area contributed by atoms with Crippen LogP contribution in [0.1, 0.15) is 45.9 Å². The largest absolute Gasteiger partial charge is 0.468 e. The van der Waals surface area contributed by atoms with Crippen molar-refractivity contribution < 1.29 is 14.0 Å². The number of thiophene rings is 1. The van der Waals surface area contributed by atoms with E-state index in [0.29, 0.717) is 10.6 Å². The Labute approximate surface area is 138 Å². The fourth-order valence-electron chi connectivity index (χ4n) is 2.81. The average molecular weight is 333 g/mol. The maximum Gasteiger partial charge on any atom is 0.251 e. The van der Waals surface area contributed by atoms with Gasteiger partial charge in [-0.1, -0.05) is 0 Å². The van der Waals surface area contributed by atoms with E-state index < -0.39 is 5.91 Å². The molecule has 1 atom stereocenters. The molecule has 0 saturated heterocycles. The zero-order valence-electron chi connectivity index (χ0n) is 12.8. The van der Waals surface area contributed by atoms with E-state index in [-0.39, 0.29) is 18.5 Å². The first-order valence-corrected chi connectivity index (χ1v) is 8.39. The van der Waals surface area contributed by atoms with Crippen LogP contribution in [0.15, 0.2) is 22.8 Å². The molecule has 0 aromatic carbocycles. The molecule has 23 heavy (non-hydrogen) atoms. The molecule has 0 saturated carbocycles. The van der Waals surface area contributed by atoms with Crippen LogP contribution < -0.4 is 16.4 Å². The second kappa shape index (κ2) is 6.55. The molecule has 6 nitrogen and oxygen atoms in total. The van der Waals surface area contributed by atoms with Crippen LogP contribution in [0.25, 0.3) is 0 Å². The van der Waals surface area contributed by atoms with Crippen molar-refractivity contribution in [1.29, 1.82) is 0 Å². The highest BCUT2D eigenvalue weighted by Crippen LogP contribution is 2.38. The molecule has 2 heterocycles. The molecule has 0 radical (unpaired) electrons. The normalized spacial score (nSPS) is 14.5. The van der Waals surface area contributed by atoms with E-state index in [1.54, 1.807) is 12.3 Å². The Morgan fingerprint density at radius 3 is 2.96 bits per heavy atom. The Kier molecular flexibility index (Phi) is 4.49. The smallest absolute Gasteiger partial charge is 0.251 e. The zero-order chi connectivity index (χ0) is 16.4. The predicted molar refractivity (Wildman–Crippen MR) is 88.6 cm³/mol. The molecule has 0 unspecified atom stereocenters. The number of hydrogen-bond acceptors (Lipinski definition) is 5. The van der Waals surface area contributed by atoms with Crippen LogP contribution in [0.5, 0.6) is 0 Å². The lowest BCUT2D eigenvalue weighted by molar-refractivity contribution is -0.115. The molecule has 2 aromatic heterocycles. The second-order valence-corrected chi connectivity index (χ2v) is 6.70. The highest BCUT2D eigenvalue weighted by atomic mass is 32.1. The fraction of sp³-hybridized carbons (Fsp3) is 0.375. The third-order valence-electron chi connectivity index (χ3n) is 3.96. The van der Waals surface area contributed by atoms with Crippen LogP contribution in [-0.4, -0.2) is 18.4 Å². The van der Waals surface area contributed by atoms with Crippen LogP contribution in [0.2, 0.25) is 0 Å². The summed E-state index contributed by atoms with van der Waals surface area (Å²) in [4.78, 5) is 25.0. The van der Waals surface area contributed by atoms with Gasteiger partial charge in [0, 0.05) is 4.88 Å². The van der Waals surface area contributed by atoms with E-state index >= 15 is 0 Å². The molecule has 0 bridgehead atoms. The lowest BCUT2D eigenvalue weighted by atomic mass is 10.1. The summed E-state index contributed by atoms with van der Waals surface area (Å²) in [7, 11) is 0. The third-order valence-corrected chi connectivity index (χ3v) is 5.17. The van der Waals surface area contributed by atoms with Crippen molar-refractivity contribution in [3.8, 4) is 0 Å². The Bertz CT molecular complexity index is 721. The number of nitrogens with one attached hydrogen (secondary N) is 2.